The van der Waals surface area contributed by atoms with Gasteiger partial charge in [-0.15, -0.1) is 0 Å². The van der Waals surface area contributed by atoms with Crippen molar-refractivity contribution in [3.8, 4) is 0 Å². The standard InChI is InChI=1S/C8H8FO/c1-10-6-7-4-2-3-5-8(7)9/h2-5H,1,6H2. The summed E-state index contributed by atoms with van der Waals surface area (Å²) in [5.41, 5.74) is 0.539. The molecule has 0 spiro atoms. The van der Waals surface area contributed by atoms with Crippen molar-refractivity contribution in [1.29, 1.82) is 0 Å². The molecule has 0 aliphatic rings. The van der Waals surface area contributed by atoms with Crippen LogP contribution in [0, 0.1) is 12.9 Å². The maximum atomic E-state index is 12.7. The Labute approximate surface area is 59.4 Å². The Hall–Kier alpha value is -0.890. The fourth-order valence-electron chi connectivity index (χ4n) is 0.725. The summed E-state index contributed by atoms with van der Waals surface area (Å²) < 4.78 is 17.2. The third kappa shape index (κ3) is 1.54. The molecule has 1 radical (unpaired) electrons. The van der Waals surface area contributed by atoms with E-state index < -0.39 is 0 Å². The van der Waals surface area contributed by atoms with Crippen LogP contribution < -0.4 is 0 Å². The van der Waals surface area contributed by atoms with Crippen LogP contribution in [0.1, 0.15) is 5.56 Å². The molecule has 0 amide bonds. The average molecular weight is 139 g/mol. The molecular formula is C8H8FO. The van der Waals surface area contributed by atoms with E-state index in [0.717, 1.165) is 0 Å². The summed E-state index contributed by atoms with van der Waals surface area (Å²) in [5, 5.41) is 0. The van der Waals surface area contributed by atoms with Gasteiger partial charge in [-0.05, 0) is 6.07 Å². The average Bonchev–Trinajstić information content (AvgIpc) is 1.94. The smallest absolute Gasteiger partial charge is 0.128 e. The van der Waals surface area contributed by atoms with Gasteiger partial charge >= 0.3 is 0 Å². The normalized spacial score (nSPS) is 9.80. The van der Waals surface area contributed by atoms with Crippen molar-refractivity contribution in [3.05, 3.63) is 42.8 Å². The molecule has 10 heavy (non-hydrogen) atoms. The predicted octanol–water partition coefficient (Wildman–Crippen LogP) is 2.13. The van der Waals surface area contributed by atoms with E-state index in [9.17, 15) is 4.39 Å². The molecule has 0 saturated carbocycles. The largest absolute Gasteiger partial charge is 0.374 e. The van der Waals surface area contributed by atoms with Crippen LogP contribution in [0.25, 0.3) is 0 Å². The summed E-state index contributed by atoms with van der Waals surface area (Å²) in [5.74, 6) is -0.244. The molecule has 2 heteroatoms. The summed E-state index contributed by atoms with van der Waals surface area (Å²) in [6, 6.07) is 6.47. The van der Waals surface area contributed by atoms with Gasteiger partial charge in [0, 0.05) is 5.56 Å². The van der Waals surface area contributed by atoms with Crippen LogP contribution >= 0.6 is 0 Å². The lowest BCUT2D eigenvalue weighted by Gasteiger charge is -1.98. The van der Waals surface area contributed by atoms with Gasteiger partial charge in [-0.3, -0.25) is 0 Å². The summed E-state index contributed by atoms with van der Waals surface area (Å²) >= 11 is 0. The van der Waals surface area contributed by atoms with E-state index in [-0.39, 0.29) is 12.4 Å². The molecule has 1 aromatic rings. The van der Waals surface area contributed by atoms with Crippen molar-refractivity contribution in [2.75, 3.05) is 0 Å². The van der Waals surface area contributed by atoms with Gasteiger partial charge in [0.05, 0.1) is 13.7 Å². The Morgan fingerprint density at radius 1 is 1.40 bits per heavy atom. The van der Waals surface area contributed by atoms with Crippen molar-refractivity contribution in [2.45, 2.75) is 6.61 Å². The fraction of sp³-hybridized carbons (Fsp3) is 0.125. The number of halogens is 1. The van der Waals surface area contributed by atoms with Gasteiger partial charge in [-0.2, -0.15) is 0 Å². The number of hydrogen-bond donors (Lipinski definition) is 0. The number of rotatable bonds is 2. The Morgan fingerprint density at radius 3 is 2.70 bits per heavy atom. The van der Waals surface area contributed by atoms with Crippen molar-refractivity contribution >= 4 is 0 Å². The first-order chi connectivity index (χ1) is 4.84. The topological polar surface area (TPSA) is 9.23 Å². The molecule has 1 rings (SSSR count). The minimum Gasteiger partial charge on any atom is -0.374 e. The van der Waals surface area contributed by atoms with Crippen LogP contribution in [0.5, 0.6) is 0 Å². The van der Waals surface area contributed by atoms with E-state index in [4.69, 9.17) is 0 Å². The van der Waals surface area contributed by atoms with Gasteiger partial charge in [0.2, 0.25) is 0 Å². The molecule has 53 valence electrons. The first-order valence-corrected chi connectivity index (χ1v) is 2.95. The highest BCUT2D eigenvalue weighted by Crippen LogP contribution is 2.06. The minimum atomic E-state index is -0.244. The van der Waals surface area contributed by atoms with Crippen LogP contribution in [0.2, 0.25) is 0 Å². The van der Waals surface area contributed by atoms with Crippen molar-refractivity contribution in [1.82, 2.24) is 0 Å². The quantitative estimate of drug-likeness (QED) is 0.609. The number of benzene rings is 1. The third-order valence-electron chi connectivity index (χ3n) is 1.22. The highest BCUT2D eigenvalue weighted by molar-refractivity contribution is 5.16. The molecule has 0 N–H and O–H groups in total. The Balaban J connectivity index is 2.81. The molecule has 0 aromatic heterocycles. The van der Waals surface area contributed by atoms with Gasteiger partial charge in [0.15, 0.2) is 0 Å². The zero-order valence-corrected chi connectivity index (χ0v) is 5.51. The summed E-state index contributed by atoms with van der Waals surface area (Å²) in [4.78, 5) is 0. The molecule has 0 heterocycles. The maximum Gasteiger partial charge on any atom is 0.128 e. The first-order valence-electron chi connectivity index (χ1n) is 2.95. The van der Waals surface area contributed by atoms with Crippen molar-refractivity contribution in [2.24, 2.45) is 0 Å². The zero-order valence-electron chi connectivity index (χ0n) is 5.51. The maximum absolute atomic E-state index is 12.7. The van der Waals surface area contributed by atoms with Gasteiger partial charge in [-0.1, -0.05) is 18.2 Å². The number of ether oxygens (including phenoxy) is 1. The minimum absolute atomic E-state index is 0.229. The molecular weight excluding hydrogens is 131 g/mol. The van der Waals surface area contributed by atoms with E-state index in [0.29, 0.717) is 5.56 Å². The van der Waals surface area contributed by atoms with Crippen LogP contribution in [0.4, 0.5) is 4.39 Å². The second kappa shape index (κ2) is 3.32. The number of hydrogen-bond acceptors (Lipinski definition) is 1. The summed E-state index contributed by atoms with van der Waals surface area (Å²) in [7, 11) is 3.16. The molecule has 0 atom stereocenters. The van der Waals surface area contributed by atoms with E-state index in [1.165, 1.54) is 6.07 Å². The van der Waals surface area contributed by atoms with Crippen LogP contribution in [-0.2, 0) is 11.3 Å². The zero-order chi connectivity index (χ0) is 7.40. The molecule has 0 unspecified atom stereocenters. The first kappa shape index (κ1) is 7.22. The Kier molecular flexibility index (Phi) is 2.40. The molecule has 0 aliphatic heterocycles. The second-order valence-electron chi connectivity index (χ2n) is 1.94. The Bertz CT molecular complexity index is 210. The van der Waals surface area contributed by atoms with Gasteiger partial charge in [-0.25, -0.2) is 4.39 Å². The summed E-state index contributed by atoms with van der Waals surface area (Å²) in [6.45, 7) is 0.229. The van der Waals surface area contributed by atoms with E-state index in [2.05, 4.69) is 11.8 Å². The van der Waals surface area contributed by atoms with Gasteiger partial charge < -0.3 is 4.74 Å². The van der Waals surface area contributed by atoms with E-state index in [1.54, 1.807) is 18.2 Å². The van der Waals surface area contributed by atoms with Crippen molar-refractivity contribution in [3.63, 3.8) is 0 Å². The van der Waals surface area contributed by atoms with Gasteiger partial charge in [0.25, 0.3) is 0 Å². The Morgan fingerprint density at radius 2 is 2.10 bits per heavy atom. The monoisotopic (exact) mass is 139 g/mol. The van der Waals surface area contributed by atoms with Crippen LogP contribution in [-0.4, -0.2) is 0 Å². The molecule has 1 nitrogen and oxygen atoms in total. The van der Waals surface area contributed by atoms with Gasteiger partial charge in [0.1, 0.15) is 5.82 Å². The van der Waals surface area contributed by atoms with E-state index in [1.807, 2.05) is 0 Å². The lowest BCUT2D eigenvalue weighted by molar-refractivity contribution is 0.224. The third-order valence-corrected chi connectivity index (χ3v) is 1.22. The SMILES string of the molecule is [CH2]OCc1ccccc1F. The van der Waals surface area contributed by atoms with E-state index >= 15 is 0 Å². The highest BCUT2D eigenvalue weighted by Gasteiger charge is 1.96. The highest BCUT2D eigenvalue weighted by atomic mass is 19.1. The molecule has 0 bridgehead atoms. The van der Waals surface area contributed by atoms with Crippen molar-refractivity contribution < 1.29 is 9.13 Å². The molecule has 0 aliphatic carbocycles. The lowest BCUT2D eigenvalue weighted by Crippen LogP contribution is -1.89. The molecule has 0 saturated heterocycles. The van der Waals surface area contributed by atoms with Crippen LogP contribution in [0.15, 0.2) is 24.3 Å². The second-order valence-corrected chi connectivity index (χ2v) is 1.94. The fourth-order valence-corrected chi connectivity index (χ4v) is 0.725. The molecule has 1 aromatic carbocycles. The lowest BCUT2D eigenvalue weighted by atomic mass is 10.2. The van der Waals surface area contributed by atoms with Crippen LogP contribution in [0.3, 0.4) is 0 Å². The summed E-state index contributed by atoms with van der Waals surface area (Å²) in [6.07, 6.45) is 0. The molecule has 0 fully saturated rings. The predicted molar refractivity (Wildman–Crippen MR) is 36.5 cm³/mol.